The van der Waals surface area contributed by atoms with Gasteiger partial charge >= 0.3 is 6.03 Å². The fourth-order valence-corrected chi connectivity index (χ4v) is 4.29. The maximum Gasteiger partial charge on any atom is 0.322 e. The molecule has 0 aliphatic carbocycles. The van der Waals surface area contributed by atoms with Gasteiger partial charge in [-0.2, -0.15) is 0 Å². The van der Waals surface area contributed by atoms with Crippen LogP contribution in [0.4, 0.5) is 10.5 Å². The maximum absolute atomic E-state index is 13.5. The Hall–Kier alpha value is -3.16. The Balaban J connectivity index is 1.73. The molecule has 0 unspecified atom stereocenters. The zero-order valence-corrected chi connectivity index (χ0v) is 20.7. The number of anilines is 1. The molecule has 0 atom stereocenters. The molecule has 0 radical (unpaired) electrons. The number of urea groups is 1. The molecule has 1 N–H and O–H groups in total. The monoisotopic (exact) mass is 479 g/mol. The highest BCUT2D eigenvalue weighted by Gasteiger charge is 2.22. The Bertz CT molecular complexity index is 1020. The maximum atomic E-state index is 13.5. The minimum atomic E-state index is -0.286. The molecule has 0 saturated carbocycles. The van der Waals surface area contributed by atoms with Crippen molar-refractivity contribution in [1.82, 2.24) is 9.80 Å². The van der Waals surface area contributed by atoms with Crippen molar-refractivity contribution in [1.29, 1.82) is 0 Å². The summed E-state index contributed by atoms with van der Waals surface area (Å²) in [6.07, 6.45) is 0.659. The van der Waals surface area contributed by atoms with E-state index < -0.39 is 0 Å². The Kier molecular flexibility index (Phi) is 10.1. The van der Waals surface area contributed by atoms with Crippen LogP contribution in [-0.2, 0) is 22.6 Å². The van der Waals surface area contributed by atoms with Gasteiger partial charge in [0.25, 0.3) is 0 Å². The van der Waals surface area contributed by atoms with E-state index in [0.29, 0.717) is 45.0 Å². The summed E-state index contributed by atoms with van der Waals surface area (Å²) in [6.45, 7) is 6.52. The topological polar surface area (TPSA) is 61.9 Å². The summed E-state index contributed by atoms with van der Waals surface area (Å²) in [5, 5.41) is 4.95. The van der Waals surface area contributed by atoms with E-state index in [2.05, 4.69) is 5.32 Å². The van der Waals surface area contributed by atoms with Gasteiger partial charge in [-0.15, -0.1) is 11.3 Å². The third-order valence-corrected chi connectivity index (χ3v) is 6.16. The lowest BCUT2D eigenvalue weighted by atomic mass is 10.2. The number of hydrogen-bond donors (Lipinski definition) is 1. The van der Waals surface area contributed by atoms with E-state index in [4.69, 9.17) is 4.74 Å². The smallest absolute Gasteiger partial charge is 0.322 e. The van der Waals surface area contributed by atoms with Gasteiger partial charge in [-0.1, -0.05) is 48.5 Å². The first-order valence-electron chi connectivity index (χ1n) is 11.6. The van der Waals surface area contributed by atoms with Crippen molar-refractivity contribution in [3.63, 3.8) is 0 Å². The summed E-state index contributed by atoms with van der Waals surface area (Å²) in [7, 11) is 0. The lowest BCUT2D eigenvalue weighted by Gasteiger charge is -2.28. The van der Waals surface area contributed by atoms with Crippen LogP contribution in [0, 0.1) is 6.92 Å². The average Bonchev–Trinajstić information content (AvgIpc) is 3.34. The van der Waals surface area contributed by atoms with Crippen LogP contribution in [0.1, 0.15) is 29.3 Å². The SMILES string of the molecule is CCOCCCN(CC(=O)N(Cc1ccccc1)Cc1cccs1)C(=O)Nc1cccc(C)c1. The molecule has 3 aromatic rings. The summed E-state index contributed by atoms with van der Waals surface area (Å²) in [5.41, 5.74) is 2.83. The van der Waals surface area contributed by atoms with Crippen molar-refractivity contribution in [2.45, 2.75) is 33.4 Å². The molecule has 3 rings (SSSR count). The second kappa shape index (κ2) is 13.5. The molecule has 1 heterocycles. The van der Waals surface area contributed by atoms with E-state index >= 15 is 0 Å². The van der Waals surface area contributed by atoms with Crippen LogP contribution in [0.2, 0.25) is 0 Å². The van der Waals surface area contributed by atoms with Crippen LogP contribution in [0.25, 0.3) is 0 Å². The number of rotatable bonds is 12. The minimum absolute atomic E-state index is 0.00197. The number of benzene rings is 2. The highest BCUT2D eigenvalue weighted by atomic mass is 32.1. The van der Waals surface area contributed by atoms with Gasteiger partial charge in [-0.05, 0) is 55.0 Å². The normalized spacial score (nSPS) is 10.6. The Morgan fingerprint density at radius 1 is 0.971 bits per heavy atom. The molecule has 180 valence electrons. The van der Waals surface area contributed by atoms with Crippen molar-refractivity contribution in [3.05, 3.63) is 88.1 Å². The third kappa shape index (κ3) is 8.32. The summed E-state index contributed by atoms with van der Waals surface area (Å²) >= 11 is 1.62. The predicted molar refractivity (Wildman–Crippen MR) is 138 cm³/mol. The standard InChI is InChI=1S/C27H33N3O3S/c1-3-33-16-9-15-29(27(32)28-24-13-7-10-22(2)18-24)21-26(31)30(20-25-14-8-17-34-25)19-23-11-5-4-6-12-23/h4-8,10-14,17-18H,3,9,15-16,19-21H2,1-2H3,(H,28,32). The zero-order valence-electron chi connectivity index (χ0n) is 19.9. The molecular formula is C27H33N3O3S. The molecule has 1 aromatic heterocycles. The first kappa shape index (κ1) is 25.5. The quantitative estimate of drug-likeness (QED) is 0.347. The Morgan fingerprint density at radius 3 is 2.50 bits per heavy atom. The van der Waals surface area contributed by atoms with Crippen molar-refractivity contribution in [3.8, 4) is 0 Å². The lowest BCUT2D eigenvalue weighted by molar-refractivity contribution is -0.133. The second-order valence-electron chi connectivity index (χ2n) is 8.09. The van der Waals surface area contributed by atoms with E-state index in [-0.39, 0.29) is 18.5 Å². The number of carbonyl (C=O) groups is 2. The fourth-order valence-electron chi connectivity index (χ4n) is 3.57. The molecule has 0 spiro atoms. The molecule has 3 amide bonds. The molecule has 0 saturated heterocycles. The van der Waals surface area contributed by atoms with Crippen LogP contribution < -0.4 is 5.32 Å². The van der Waals surface area contributed by atoms with E-state index in [9.17, 15) is 9.59 Å². The van der Waals surface area contributed by atoms with E-state index in [1.807, 2.05) is 90.9 Å². The molecule has 0 fully saturated rings. The van der Waals surface area contributed by atoms with Gasteiger partial charge < -0.3 is 19.9 Å². The van der Waals surface area contributed by atoms with E-state index in [0.717, 1.165) is 16.0 Å². The predicted octanol–water partition coefficient (Wildman–Crippen LogP) is 5.55. The number of amides is 3. The minimum Gasteiger partial charge on any atom is -0.382 e. The van der Waals surface area contributed by atoms with Crippen LogP contribution in [0.3, 0.4) is 0 Å². The largest absolute Gasteiger partial charge is 0.382 e. The second-order valence-corrected chi connectivity index (χ2v) is 9.12. The molecular weight excluding hydrogens is 446 g/mol. The summed E-state index contributed by atoms with van der Waals surface area (Å²) in [6, 6.07) is 21.3. The lowest BCUT2D eigenvalue weighted by Crippen LogP contribution is -2.44. The van der Waals surface area contributed by atoms with Crippen LogP contribution >= 0.6 is 11.3 Å². The van der Waals surface area contributed by atoms with Crippen molar-refractivity contribution >= 4 is 29.0 Å². The van der Waals surface area contributed by atoms with Gasteiger partial charge in [-0.25, -0.2) is 4.79 Å². The highest BCUT2D eigenvalue weighted by Crippen LogP contribution is 2.16. The molecule has 34 heavy (non-hydrogen) atoms. The zero-order chi connectivity index (χ0) is 24.2. The molecule has 6 nitrogen and oxygen atoms in total. The van der Waals surface area contributed by atoms with Crippen molar-refractivity contribution in [2.24, 2.45) is 0 Å². The molecule has 0 aliphatic heterocycles. The Labute approximate surface area is 206 Å². The molecule has 0 aliphatic rings. The summed E-state index contributed by atoms with van der Waals surface area (Å²) in [5.74, 6) is -0.0898. The first-order valence-corrected chi connectivity index (χ1v) is 12.5. The number of ether oxygens (including phenoxy) is 1. The Morgan fingerprint density at radius 2 is 1.79 bits per heavy atom. The molecule has 0 bridgehead atoms. The van der Waals surface area contributed by atoms with Gasteiger partial charge in [0.2, 0.25) is 5.91 Å². The first-order chi connectivity index (χ1) is 16.5. The summed E-state index contributed by atoms with van der Waals surface area (Å²) in [4.78, 5) is 31.1. The van der Waals surface area contributed by atoms with Gasteiger partial charge in [-0.3, -0.25) is 4.79 Å². The number of nitrogens with one attached hydrogen (secondary N) is 1. The van der Waals surface area contributed by atoms with Crippen LogP contribution in [0.5, 0.6) is 0 Å². The van der Waals surface area contributed by atoms with Gasteiger partial charge in [0, 0.05) is 36.9 Å². The van der Waals surface area contributed by atoms with Gasteiger partial charge in [0.1, 0.15) is 6.54 Å². The summed E-state index contributed by atoms with van der Waals surface area (Å²) < 4.78 is 5.45. The van der Waals surface area contributed by atoms with Gasteiger partial charge in [0.05, 0.1) is 6.54 Å². The highest BCUT2D eigenvalue weighted by molar-refractivity contribution is 7.09. The van der Waals surface area contributed by atoms with E-state index in [1.165, 1.54) is 0 Å². The third-order valence-electron chi connectivity index (χ3n) is 5.30. The number of hydrogen-bond acceptors (Lipinski definition) is 4. The van der Waals surface area contributed by atoms with Crippen molar-refractivity contribution < 1.29 is 14.3 Å². The average molecular weight is 480 g/mol. The van der Waals surface area contributed by atoms with Crippen LogP contribution in [-0.4, -0.2) is 48.0 Å². The molecule has 7 heteroatoms. The number of thiophene rings is 1. The number of carbonyl (C=O) groups excluding carboxylic acids is 2. The molecule has 2 aromatic carbocycles. The van der Waals surface area contributed by atoms with Crippen molar-refractivity contribution in [2.75, 3.05) is 31.6 Å². The number of aryl methyl sites for hydroxylation is 1. The fraction of sp³-hybridized carbons (Fsp3) is 0.333. The number of nitrogens with zero attached hydrogens (tertiary/aromatic N) is 2. The van der Waals surface area contributed by atoms with E-state index in [1.54, 1.807) is 16.2 Å². The van der Waals surface area contributed by atoms with Crippen LogP contribution in [0.15, 0.2) is 72.1 Å². The van der Waals surface area contributed by atoms with Gasteiger partial charge in [0.15, 0.2) is 0 Å².